The molecule has 0 saturated carbocycles. The molecule has 116 valence electrons. The van der Waals surface area contributed by atoms with Gasteiger partial charge < -0.3 is 0 Å². The van der Waals surface area contributed by atoms with Crippen LogP contribution in [-0.2, 0) is 9.84 Å². The first-order valence-corrected chi connectivity index (χ1v) is 9.38. The number of hydrogen-bond donors (Lipinski definition) is 0. The van der Waals surface area contributed by atoms with Gasteiger partial charge in [0.15, 0.2) is 15.6 Å². The summed E-state index contributed by atoms with van der Waals surface area (Å²) in [6.45, 7) is 1.57. The number of benzene rings is 2. The van der Waals surface area contributed by atoms with E-state index in [1.165, 1.54) is 30.3 Å². The van der Waals surface area contributed by atoms with E-state index in [-0.39, 0.29) is 27.3 Å². The zero-order valence-corrected chi connectivity index (χ0v) is 14.2. The molecule has 0 radical (unpaired) electrons. The lowest BCUT2D eigenvalue weighted by Gasteiger charge is -2.07. The number of Topliss-reactive ketones (excluding diaryl/α,β-unsaturated/α-hetero) is 1. The van der Waals surface area contributed by atoms with Crippen LogP contribution in [0.4, 0.5) is 4.39 Å². The van der Waals surface area contributed by atoms with E-state index in [4.69, 9.17) is 0 Å². The maximum atomic E-state index is 14.0. The van der Waals surface area contributed by atoms with Crippen LogP contribution in [0.3, 0.4) is 0 Å². The Kier molecular flexibility index (Phi) is 5.13. The molecule has 0 saturated heterocycles. The molecule has 2 rings (SSSR count). The lowest BCUT2D eigenvalue weighted by Crippen LogP contribution is -2.03. The van der Waals surface area contributed by atoms with Crippen LogP contribution in [-0.4, -0.2) is 25.3 Å². The van der Waals surface area contributed by atoms with Gasteiger partial charge in [-0.1, -0.05) is 35.0 Å². The minimum atomic E-state index is -3.29. The van der Waals surface area contributed by atoms with E-state index in [9.17, 15) is 17.6 Å². The topological polar surface area (TPSA) is 51.2 Å². The van der Waals surface area contributed by atoms with Crippen LogP contribution in [0.25, 0.3) is 11.1 Å². The maximum Gasteiger partial charge on any atom is 0.178 e. The molecule has 0 aliphatic carbocycles. The van der Waals surface area contributed by atoms with E-state index >= 15 is 0 Å². The molecule has 0 aromatic heterocycles. The highest BCUT2D eigenvalue weighted by Gasteiger charge is 2.13. The van der Waals surface area contributed by atoms with Gasteiger partial charge in [0, 0.05) is 11.1 Å². The van der Waals surface area contributed by atoms with E-state index in [1.807, 2.05) is 0 Å². The summed E-state index contributed by atoms with van der Waals surface area (Å²) in [5, 5.41) is 0.158. The third-order valence-corrected chi connectivity index (χ3v) is 5.57. The predicted molar refractivity (Wildman–Crippen MR) is 87.7 cm³/mol. The summed E-state index contributed by atoms with van der Waals surface area (Å²) in [6.07, 6.45) is 0. The van der Waals surface area contributed by atoms with Crippen molar-refractivity contribution in [2.45, 2.75) is 11.8 Å². The molecule has 0 amide bonds. The highest BCUT2D eigenvalue weighted by molar-refractivity contribution is 9.09. The van der Waals surface area contributed by atoms with Gasteiger partial charge in [-0.25, -0.2) is 12.8 Å². The monoisotopic (exact) mass is 384 g/mol. The first-order valence-electron chi connectivity index (χ1n) is 6.61. The number of hydrogen-bond acceptors (Lipinski definition) is 3. The van der Waals surface area contributed by atoms with Crippen molar-refractivity contribution in [3.63, 3.8) is 0 Å². The molecule has 0 fully saturated rings. The minimum Gasteiger partial charge on any atom is -0.293 e. The molecule has 0 unspecified atom stereocenters. The molecule has 0 N–H and O–H groups in total. The van der Waals surface area contributed by atoms with Crippen LogP contribution in [0, 0.1) is 5.82 Å². The number of alkyl halides is 1. The standard InChI is InChI=1S/C16H14BrFO3S/c1-2-22(20,21)13-6-3-11(4-7-13)14-9-12(16(19)10-17)5-8-15(14)18/h3-9H,2,10H2,1H3. The summed E-state index contributed by atoms with van der Waals surface area (Å²) in [6, 6.07) is 10.1. The van der Waals surface area contributed by atoms with Crippen molar-refractivity contribution in [1.29, 1.82) is 0 Å². The maximum absolute atomic E-state index is 14.0. The van der Waals surface area contributed by atoms with E-state index < -0.39 is 15.7 Å². The van der Waals surface area contributed by atoms with Gasteiger partial charge in [0.05, 0.1) is 16.0 Å². The van der Waals surface area contributed by atoms with Crippen LogP contribution in [0.2, 0.25) is 0 Å². The van der Waals surface area contributed by atoms with Gasteiger partial charge >= 0.3 is 0 Å². The lowest BCUT2D eigenvalue weighted by atomic mass is 10.0. The highest BCUT2D eigenvalue weighted by Crippen LogP contribution is 2.26. The van der Waals surface area contributed by atoms with Crippen LogP contribution >= 0.6 is 15.9 Å². The van der Waals surface area contributed by atoms with E-state index in [0.717, 1.165) is 0 Å². The van der Waals surface area contributed by atoms with Crippen LogP contribution in [0.1, 0.15) is 17.3 Å². The number of carbonyl (C=O) groups is 1. The Morgan fingerprint density at radius 1 is 1.14 bits per heavy atom. The third kappa shape index (κ3) is 3.44. The van der Waals surface area contributed by atoms with Gasteiger partial charge in [-0.15, -0.1) is 0 Å². The predicted octanol–water partition coefficient (Wildman–Crippen LogP) is 3.86. The van der Waals surface area contributed by atoms with E-state index in [1.54, 1.807) is 19.1 Å². The third-order valence-electron chi connectivity index (χ3n) is 3.31. The van der Waals surface area contributed by atoms with Gasteiger partial charge in [0.1, 0.15) is 5.82 Å². The zero-order valence-electron chi connectivity index (χ0n) is 11.8. The first kappa shape index (κ1) is 16.8. The number of ketones is 1. The van der Waals surface area contributed by atoms with Gasteiger partial charge in [0.25, 0.3) is 0 Å². The molecule has 6 heteroatoms. The second kappa shape index (κ2) is 6.71. The molecule has 0 heterocycles. The first-order chi connectivity index (χ1) is 10.4. The molecule has 3 nitrogen and oxygen atoms in total. The second-order valence-corrected chi connectivity index (χ2v) is 7.52. The quantitative estimate of drug-likeness (QED) is 0.580. The molecule has 0 aliphatic heterocycles. The highest BCUT2D eigenvalue weighted by atomic mass is 79.9. The molecule has 22 heavy (non-hydrogen) atoms. The number of halogens is 2. The molecule has 0 bridgehead atoms. The van der Waals surface area contributed by atoms with Crippen molar-refractivity contribution in [1.82, 2.24) is 0 Å². The molecular formula is C16H14BrFO3S. The van der Waals surface area contributed by atoms with Crippen molar-refractivity contribution >= 4 is 31.6 Å². The summed E-state index contributed by atoms with van der Waals surface area (Å²) in [4.78, 5) is 11.9. The van der Waals surface area contributed by atoms with Crippen molar-refractivity contribution < 1.29 is 17.6 Å². The van der Waals surface area contributed by atoms with Crippen LogP contribution < -0.4 is 0 Å². The zero-order chi connectivity index (χ0) is 16.3. The van der Waals surface area contributed by atoms with E-state index in [2.05, 4.69) is 15.9 Å². The number of carbonyl (C=O) groups excluding carboxylic acids is 1. The van der Waals surface area contributed by atoms with Crippen LogP contribution in [0.5, 0.6) is 0 Å². The number of rotatable bonds is 5. The van der Waals surface area contributed by atoms with Gasteiger partial charge in [-0.2, -0.15) is 0 Å². The molecule has 0 atom stereocenters. The Bertz CT molecular complexity index is 799. The fourth-order valence-electron chi connectivity index (χ4n) is 2.01. The summed E-state index contributed by atoms with van der Waals surface area (Å²) in [7, 11) is -3.29. The van der Waals surface area contributed by atoms with Crippen molar-refractivity contribution in [3.8, 4) is 11.1 Å². The SMILES string of the molecule is CCS(=O)(=O)c1ccc(-c2cc(C(=O)CBr)ccc2F)cc1. The summed E-state index contributed by atoms with van der Waals surface area (Å²) in [5.74, 6) is -0.598. The molecular weight excluding hydrogens is 371 g/mol. The van der Waals surface area contributed by atoms with Crippen molar-refractivity contribution in [2.75, 3.05) is 11.1 Å². The molecule has 2 aromatic rings. The Hall–Kier alpha value is -1.53. The van der Waals surface area contributed by atoms with Crippen LogP contribution in [0.15, 0.2) is 47.4 Å². The Labute approximate surface area is 137 Å². The molecule has 2 aromatic carbocycles. The van der Waals surface area contributed by atoms with Gasteiger partial charge in [-0.05, 0) is 35.9 Å². The summed E-state index contributed by atoms with van der Waals surface area (Å²) in [5.41, 5.74) is 1.20. The minimum absolute atomic E-state index is 0.00987. The average molecular weight is 385 g/mol. The fraction of sp³-hybridized carbons (Fsp3) is 0.188. The molecule has 0 spiro atoms. The number of sulfone groups is 1. The Balaban J connectivity index is 2.46. The smallest absolute Gasteiger partial charge is 0.178 e. The lowest BCUT2D eigenvalue weighted by molar-refractivity contribution is 0.102. The van der Waals surface area contributed by atoms with Crippen molar-refractivity contribution in [3.05, 3.63) is 53.8 Å². The van der Waals surface area contributed by atoms with Crippen molar-refractivity contribution in [2.24, 2.45) is 0 Å². The largest absolute Gasteiger partial charge is 0.293 e. The Morgan fingerprint density at radius 2 is 1.77 bits per heavy atom. The Morgan fingerprint density at radius 3 is 2.32 bits per heavy atom. The summed E-state index contributed by atoms with van der Waals surface area (Å²) < 4.78 is 37.5. The van der Waals surface area contributed by atoms with Gasteiger partial charge in [0.2, 0.25) is 0 Å². The summed E-state index contributed by atoms with van der Waals surface area (Å²) >= 11 is 3.08. The second-order valence-electron chi connectivity index (χ2n) is 4.68. The average Bonchev–Trinajstić information content (AvgIpc) is 2.54. The van der Waals surface area contributed by atoms with Gasteiger partial charge in [-0.3, -0.25) is 4.79 Å². The van der Waals surface area contributed by atoms with E-state index in [0.29, 0.717) is 11.1 Å². The normalized spacial score (nSPS) is 11.4. The fourth-order valence-corrected chi connectivity index (χ4v) is 3.21. The molecule has 0 aliphatic rings.